The number of rotatable bonds is 6. The van der Waals surface area contributed by atoms with Gasteiger partial charge < -0.3 is 5.32 Å². The van der Waals surface area contributed by atoms with Crippen LogP contribution in [0.2, 0.25) is 0 Å². The van der Waals surface area contributed by atoms with Gasteiger partial charge in [-0.3, -0.25) is 4.79 Å². The van der Waals surface area contributed by atoms with E-state index in [0.717, 1.165) is 23.4 Å². The molecule has 0 unspecified atom stereocenters. The summed E-state index contributed by atoms with van der Waals surface area (Å²) >= 11 is 1.50. The van der Waals surface area contributed by atoms with Crippen molar-refractivity contribution in [3.63, 3.8) is 0 Å². The molecule has 2 nitrogen and oxygen atoms in total. The third-order valence-electron chi connectivity index (χ3n) is 3.22. The Morgan fingerprint density at radius 3 is 2.32 bits per heavy atom. The topological polar surface area (TPSA) is 29.1 Å². The average molecular weight is 273 g/mol. The van der Waals surface area contributed by atoms with Crippen LogP contribution in [-0.2, 0) is 12.8 Å². The van der Waals surface area contributed by atoms with Gasteiger partial charge in [-0.25, -0.2) is 0 Å². The van der Waals surface area contributed by atoms with Gasteiger partial charge in [-0.1, -0.05) is 38.1 Å². The number of para-hydroxylation sites is 1. The van der Waals surface area contributed by atoms with Crippen molar-refractivity contribution >= 4 is 22.8 Å². The van der Waals surface area contributed by atoms with E-state index in [1.165, 1.54) is 22.5 Å². The summed E-state index contributed by atoms with van der Waals surface area (Å²) in [5, 5.41) is 5.26. The molecule has 1 heterocycles. The summed E-state index contributed by atoms with van der Waals surface area (Å²) < 4.78 is 0. The summed E-state index contributed by atoms with van der Waals surface area (Å²) in [6.07, 6.45) is 1.95. The molecule has 1 aromatic heterocycles. The first-order valence-corrected chi connectivity index (χ1v) is 7.55. The van der Waals surface area contributed by atoms with Crippen LogP contribution in [0.1, 0.15) is 34.6 Å². The smallest absolute Gasteiger partial charge is 0.191 e. The van der Waals surface area contributed by atoms with Gasteiger partial charge >= 0.3 is 0 Å². The van der Waals surface area contributed by atoms with Gasteiger partial charge in [-0.2, -0.15) is 0 Å². The molecule has 0 bridgehead atoms. The average Bonchev–Trinajstić information content (AvgIpc) is 2.98. The fourth-order valence-corrected chi connectivity index (χ4v) is 2.83. The number of anilines is 1. The molecule has 100 valence electrons. The second kappa shape index (κ2) is 6.53. The molecule has 0 aliphatic rings. The van der Waals surface area contributed by atoms with Crippen molar-refractivity contribution in [1.82, 2.24) is 0 Å². The quantitative estimate of drug-likeness (QED) is 0.800. The first-order valence-electron chi connectivity index (χ1n) is 6.67. The number of benzene rings is 1. The summed E-state index contributed by atoms with van der Waals surface area (Å²) in [6, 6.07) is 10.1. The zero-order chi connectivity index (χ0) is 13.7. The lowest BCUT2D eigenvalue weighted by Crippen LogP contribution is -2.15. The number of carbonyl (C=O) groups excluding carboxylic acids is 1. The highest BCUT2D eigenvalue weighted by atomic mass is 32.1. The minimum absolute atomic E-state index is 0.156. The van der Waals surface area contributed by atoms with Crippen LogP contribution in [-0.4, -0.2) is 12.3 Å². The fourth-order valence-electron chi connectivity index (χ4n) is 2.16. The highest BCUT2D eigenvalue weighted by Crippen LogP contribution is 2.22. The van der Waals surface area contributed by atoms with Crippen molar-refractivity contribution in [3.05, 3.63) is 51.7 Å². The van der Waals surface area contributed by atoms with Crippen LogP contribution in [0.25, 0.3) is 0 Å². The van der Waals surface area contributed by atoms with Crippen LogP contribution in [0.5, 0.6) is 0 Å². The lowest BCUT2D eigenvalue weighted by atomic mass is 10.0. The maximum Gasteiger partial charge on any atom is 0.191 e. The van der Waals surface area contributed by atoms with Gasteiger partial charge in [-0.15, -0.1) is 11.3 Å². The van der Waals surface area contributed by atoms with Crippen LogP contribution in [0.15, 0.2) is 35.7 Å². The summed E-state index contributed by atoms with van der Waals surface area (Å²) in [6.45, 7) is 4.65. The summed E-state index contributed by atoms with van der Waals surface area (Å²) in [5.74, 6) is 0.156. The summed E-state index contributed by atoms with van der Waals surface area (Å²) in [5.41, 5.74) is 3.69. The van der Waals surface area contributed by atoms with Gasteiger partial charge in [-0.05, 0) is 35.4 Å². The zero-order valence-electron chi connectivity index (χ0n) is 11.4. The minimum atomic E-state index is 0.156. The van der Waals surface area contributed by atoms with Gasteiger partial charge in [0.25, 0.3) is 0 Å². The Labute approximate surface area is 118 Å². The number of nitrogens with one attached hydrogen (secondary N) is 1. The maximum absolute atomic E-state index is 12.0. The Balaban J connectivity index is 2.12. The van der Waals surface area contributed by atoms with E-state index in [2.05, 4.69) is 37.4 Å². The molecule has 0 saturated carbocycles. The van der Waals surface area contributed by atoms with E-state index >= 15 is 0 Å². The van der Waals surface area contributed by atoms with E-state index < -0.39 is 0 Å². The highest BCUT2D eigenvalue weighted by Gasteiger charge is 2.10. The SMILES string of the molecule is CCc1cccc(CC)c1NCC(=O)c1cccs1. The number of aryl methyl sites for hydroxylation is 2. The Kier molecular flexibility index (Phi) is 4.74. The minimum Gasteiger partial charge on any atom is -0.377 e. The van der Waals surface area contributed by atoms with Gasteiger partial charge in [0.2, 0.25) is 0 Å². The maximum atomic E-state index is 12.0. The zero-order valence-corrected chi connectivity index (χ0v) is 12.2. The van der Waals surface area contributed by atoms with Crippen molar-refractivity contribution in [2.45, 2.75) is 26.7 Å². The number of hydrogen-bond donors (Lipinski definition) is 1. The lowest BCUT2D eigenvalue weighted by molar-refractivity contribution is 0.101. The molecule has 0 fully saturated rings. The Hall–Kier alpha value is -1.61. The fraction of sp³-hybridized carbons (Fsp3) is 0.312. The normalized spacial score (nSPS) is 10.4. The molecular formula is C16H19NOS. The molecule has 1 aromatic carbocycles. The number of Topliss-reactive ketones (excluding diaryl/α,β-unsaturated/α-hetero) is 1. The predicted octanol–water partition coefficient (Wildman–Crippen LogP) is 4.17. The summed E-state index contributed by atoms with van der Waals surface area (Å²) in [4.78, 5) is 12.8. The van der Waals surface area contributed by atoms with Crippen LogP contribution < -0.4 is 5.32 Å². The largest absolute Gasteiger partial charge is 0.377 e. The van der Waals surface area contributed by atoms with Gasteiger partial charge in [0.15, 0.2) is 5.78 Å². The second-order valence-corrected chi connectivity index (χ2v) is 5.36. The van der Waals surface area contributed by atoms with Crippen LogP contribution in [0, 0.1) is 0 Å². The molecule has 2 rings (SSSR count). The van der Waals surface area contributed by atoms with E-state index in [4.69, 9.17) is 0 Å². The van der Waals surface area contributed by atoms with Crippen molar-refractivity contribution in [2.24, 2.45) is 0 Å². The van der Waals surface area contributed by atoms with Gasteiger partial charge in [0.1, 0.15) is 0 Å². The molecule has 0 radical (unpaired) electrons. The number of ketones is 1. The molecule has 3 heteroatoms. The number of carbonyl (C=O) groups is 1. The van der Waals surface area contributed by atoms with Gasteiger partial charge in [0, 0.05) is 5.69 Å². The first kappa shape index (κ1) is 13.8. The molecule has 0 saturated heterocycles. The number of hydrogen-bond acceptors (Lipinski definition) is 3. The van der Waals surface area contributed by atoms with E-state index in [9.17, 15) is 4.79 Å². The van der Waals surface area contributed by atoms with Crippen LogP contribution in [0.3, 0.4) is 0 Å². The second-order valence-electron chi connectivity index (χ2n) is 4.41. The predicted molar refractivity (Wildman–Crippen MR) is 82.3 cm³/mol. The molecule has 0 aliphatic heterocycles. The Morgan fingerprint density at radius 2 is 1.79 bits per heavy atom. The molecule has 0 atom stereocenters. The molecule has 0 aliphatic carbocycles. The molecule has 0 spiro atoms. The standard InChI is InChI=1S/C16H19NOS/c1-3-12-7-5-8-13(4-2)16(12)17-11-14(18)15-9-6-10-19-15/h5-10,17H,3-4,11H2,1-2H3. The van der Waals surface area contributed by atoms with Crippen molar-refractivity contribution < 1.29 is 4.79 Å². The Bertz CT molecular complexity index is 524. The molecule has 2 aromatic rings. The molecular weight excluding hydrogens is 254 g/mol. The number of thiophene rings is 1. The third-order valence-corrected chi connectivity index (χ3v) is 4.13. The van der Waals surface area contributed by atoms with Crippen molar-refractivity contribution in [3.8, 4) is 0 Å². The molecule has 1 N–H and O–H groups in total. The Morgan fingerprint density at radius 1 is 1.11 bits per heavy atom. The molecule has 0 amide bonds. The monoisotopic (exact) mass is 273 g/mol. The van der Waals surface area contributed by atoms with E-state index in [-0.39, 0.29) is 5.78 Å². The van der Waals surface area contributed by atoms with Crippen molar-refractivity contribution in [1.29, 1.82) is 0 Å². The highest BCUT2D eigenvalue weighted by molar-refractivity contribution is 7.12. The lowest BCUT2D eigenvalue weighted by Gasteiger charge is -2.14. The van der Waals surface area contributed by atoms with E-state index in [1.54, 1.807) is 0 Å². The first-order chi connectivity index (χ1) is 9.26. The van der Waals surface area contributed by atoms with E-state index in [0.29, 0.717) is 6.54 Å². The van der Waals surface area contributed by atoms with E-state index in [1.807, 2.05) is 17.5 Å². The van der Waals surface area contributed by atoms with Crippen LogP contribution in [0.4, 0.5) is 5.69 Å². The third kappa shape index (κ3) is 3.24. The van der Waals surface area contributed by atoms with Gasteiger partial charge in [0.05, 0.1) is 11.4 Å². The van der Waals surface area contributed by atoms with Crippen LogP contribution >= 0.6 is 11.3 Å². The summed E-state index contributed by atoms with van der Waals surface area (Å²) in [7, 11) is 0. The molecule has 19 heavy (non-hydrogen) atoms. The van der Waals surface area contributed by atoms with Crippen molar-refractivity contribution in [2.75, 3.05) is 11.9 Å².